The molecule has 26 heavy (non-hydrogen) atoms. The Kier molecular flexibility index (Phi) is 5.09. The molecule has 1 heterocycles. The minimum atomic E-state index is -1.32. The number of nitrogens with zero attached hydrogens (tertiary/aromatic N) is 2. The summed E-state index contributed by atoms with van der Waals surface area (Å²) in [6, 6.07) is 16.9. The molecule has 7 heteroatoms. The van der Waals surface area contributed by atoms with Gasteiger partial charge in [-0.3, -0.25) is 14.9 Å². The number of aliphatic hydroxyl groups is 1. The van der Waals surface area contributed by atoms with Crippen LogP contribution >= 0.6 is 0 Å². The fraction of sp³-hybridized carbons (Fsp3) is 0.105. The summed E-state index contributed by atoms with van der Waals surface area (Å²) >= 11 is 0. The molecule has 0 aliphatic carbocycles. The first-order valence-electron chi connectivity index (χ1n) is 7.94. The number of aromatic amines is 1. The number of aliphatic imine (C=N–C) groups is 1. The lowest BCUT2D eigenvalue weighted by molar-refractivity contribution is -0.139. The van der Waals surface area contributed by atoms with E-state index >= 15 is 0 Å². The average molecular weight is 351 g/mol. The quantitative estimate of drug-likeness (QED) is 0.587. The Labute approximate surface area is 148 Å². The summed E-state index contributed by atoms with van der Waals surface area (Å²) in [4.78, 5) is 27.8. The summed E-state index contributed by atoms with van der Waals surface area (Å²) in [5.41, 5.74) is 1.79. The second-order valence-electron chi connectivity index (χ2n) is 5.56. The lowest BCUT2D eigenvalue weighted by Gasteiger charge is -2.02. The minimum absolute atomic E-state index is 0.222. The number of carboxylic acids is 1. The van der Waals surface area contributed by atoms with Crippen LogP contribution in [-0.2, 0) is 4.79 Å². The average Bonchev–Trinajstić information content (AvgIpc) is 3.00. The van der Waals surface area contributed by atoms with Crippen LogP contribution in [0.2, 0.25) is 0 Å². The second kappa shape index (κ2) is 7.62. The molecule has 1 atom stereocenters. The van der Waals surface area contributed by atoms with Crippen LogP contribution in [0, 0.1) is 0 Å². The highest BCUT2D eigenvalue weighted by Gasteiger charge is 2.18. The van der Waals surface area contributed by atoms with Crippen LogP contribution in [-0.4, -0.2) is 44.8 Å². The van der Waals surface area contributed by atoms with Gasteiger partial charge in [0.05, 0.1) is 23.6 Å². The highest BCUT2D eigenvalue weighted by molar-refractivity contribution is 5.90. The Hall–Kier alpha value is -3.45. The van der Waals surface area contributed by atoms with Crippen LogP contribution in [0.3, 0.4) is 0 Å². The maximum Gasteiger partial charge on any atom is 0.330 e. The van der Waals surface area contributed by atoms with Crippen molar-refractivity contribution in [2.75, 3.05) is 6.61 Å². The Morgan fingerprint density at radius 3 is 2.31 bits per heavy atom. The number of para-hydroxylation sites is 1. The molecule has 0 aliphatic heterocycles. The molecule has 0 unspecified atom stereocenters. The van der Waals surface area contributed by atoms with Crippen LogP contribution in [0.1, 0.15) is 5.56 Å². The normalized spacial score (nSPS) is 12.3. The van der Waals surface area contributed by atoms with Gasteiger partial charge in [0.25, 0.3) is 5.56 Å². The summed E-state index contributed by atoms with van der Waals surface area (Å²) in [6.07, 6.45) is 1.20. The number of hydrogen-bond donors (Lipinski definition) is 3. The second-order valence-corrected chi connectivity index (χ2v) is 5.56. The van der Waals surface area contributed by atoms with Crippen LogP contribution < -0.4 is 5.56 Å². The summed E-state index contributed by atoms with van der Waals surface area (Å²) in [7, 11) is 0. The molecule has 132 valence electrons. The highest BCUT2D eigenvalue weighted by atomic mass is 16.4. The molecular weight excluding hydrogens is 334 g/mol. The summed E-state index contributed by atoms with van der Waals surface area (Å²) < 4.78 is 1.37. The van der Waals surface area contributed by atoms with Crippen molar-refractivity contribution >= 4 is 12.2 Å². The van der Waals surface area contributed by atoms with E-state index in [0.717, 1.165) is 5.56 Å². The fourth-order valence-corrected chi connectivity index (χ4v) is 2.51. The first-order valence-corrected chi connectivity index (χ1v) is 7.94. The lowest BCUT2D eigenvalue weighted by atomic mass is 10.1. The van der Waals surface area contributed by atoms with Crippen molar-refractivity contribution in [1.29, 1.82) is 0 Å². The van der Waals surface area contributed by atoms with Crippen molar-refractivity contribution in [2.24, 2.45) is 4.99 Å². The Balaban J connectivity index is 2.15. The third-order valence-corrected chi connectivity index (χ3v) is 3.84. The van der Waals surface area contributed by atoms with Crippen LogP contribution in [0.15, 0.2) is 70.5 Å². The maximum atomic E-state index is 12.9. The molecule has 0 saturated heterocycles. The molecule has 3 rings (SSSR count). The molecule has 0 amide bonds. The zero-order valence-electron chi connectivity index (χ0n) is 13.7. The zero-order chi connectivity index (χ0) is 18.5. The standard InChI is InChI=1S/C19H17N3O4/c23-12-16(19(25)26)20-11-15-17(13-7-3-1-4-8-13)21-22(18(15)24)14-9-5-2-6-10-14/h1-11,16,21,23H,12H2,(H,25,26)/t16-/m0/s1. The molecule has 2 aromatic carbocycles. The lowest BCUT2D eigenvalue weighted by Crippen LogP contribution is -2.23. The Morgan fingerprint density at radius 2 is 1.73 bits per heavy atom. The van der Waals surface area contributed by atoms with Gasteiger partial charge in [-0.2, -0.15) is 0 Å². The van der Waals surface area contributed by atoms with Crippen molar-refractivity contribution in [3.05, 3.63) is 76.6 Å². The SMILES string of the molecule is O=C(O)[C@H](CO)N=Cc1c(-c2ccccc2)[nH]n(-c2ccccc2)c1=O. The van der Waals surface area contributed by atoms with Crippen molar-refractivity contribution in [3.8, 4) is 16.9 Å². The van der Waals surface area contributed by atoms with Crippen molar-refractivity contribution in [1.82, 2.24) is 9.78 Å². The highest BCUT2D eigenvalue weighted by Crippen LogP contribution is 2.19. The molecule has 0 aliphatic rings. The molecule has 7 nitrogen and oxygen atoms in total. The van der Waals surface area contributed by atoms with Gasteiger partial charge in [0.1, 0.15) is 0 Å². The van der Waals surface area contributed by atoms with Crippen molar-refractivity contribution < 1.29 is 15.0 Å². The molecule has 0 bridgehead atoms. The van der Waals surface area contributed by atoms with Crippen LogP contribution in [0.25, 0.3) is 16.9 Å². The van der Waals surface area contributed by atoms with Crippen molar-refractivity contribution in [3.63, 3.8) is 0 Å². The number of hydrogen-bond acceptors (Lipinski definition) is 4. The summed E-state index contributed by atoms with van der Waals surface area (Å²) in [5, 5.41) is 21.2. The molecule has 0 radical (unpaired) electrons. The van der Waals surface area contributed by atoms with Crippen LogP contribution in [0.5, 0.6) is 0 Å². The van der Waals surface area contributed by atoms with Gasteiger partial charge in [-0.05, 0) is 12.1 Å². The molecule has 0 saturated carbocycles. The van der Waals surface area contributed by atoms with Gasteiger partial charge in [-0.25, -0.2) is 9.48 Å². The number of aliphatic hydroxyl groups excluding tert-OH is 1. The topological polar surface area (TPSA) is 108 Å². The number of rotatable bonds is 6. The van der Waals surface area contributed by atoms with E-state index in [4.69, 9.17) is 10.2 Å². The van der Waals surface area contributed by atoms with E-state index in [9.17, 15) is 9.59 Å². The van der Waals surface area contributed by atoms with Gasteiger partial charge in [0.15, 0.2) is 6.04 Å². The largest absolute Gasteiger partial charge is 0.480 e. The van der Waals surface area contributed by atoms with E-state index in [1.807, 2.05) is 48.5 Å². The van der Waals surface area contributed by atoms with E-state index in [-0.39, 0.29) is 11.1 Å². The number of H-pyrrole nitrogens is 1. The van der Waals surface area contributed by atoms with Gasteiger partial charge < -0.3 is 10.2 Å². The van der Waals surface area contributed by atoms with E-state index in [0.29, 0.717) is 11.4 Å². The molecule has 0 spiro atoms. The maximum absolute atomic E-state index is 12.9. The Morgan fingerprint density at radius 1 is 1.12 bits per heavy atom. The predicted molar refractivity (Wildman–Crippen MR) is 97.9 cm³/mol. The Bertz CT molecular complexity index is 975. The number of aliphatic carboxylic acids is 1. The molecule has 3 N–H and O–H groups in total. The smallest absolute Gasteiger partial charge is 0.330 e. The van der Waals surface area contributed by atoms with Crippen molar-refractivity contribution in [2.45, 2.75) is 6.04 Å². The van der Waals surface area contributed by atoms with Crippen LogP contribution in [0.4, 0.5) is 0 Å². The number of carboxylic acid groups (broad SMARTS) is 1. The molecule has 1 aromatic heterocycles. The summed E-state index contributed by atoms with van der Waals surface area (Å²) in [6.45, 7) is -0.649. The van der Waals surface area contributed by atoms with Gasteiger partial charge in [0.2, 0.25) is 0 Å². The predicted octanol–water partition coefficient (Wildman–Crippen LogP) is 1.70. The van der Waals surface area contributed by atoms with Gasteiger partial charge in [-0.1, -0.05) is 48.5 Å². The third kappa shape index (κ3) is 3.47. The number of aromatic nitrogens is 2. The molecular formula is C19H17N3O4. The summed E-state index contributed by atoms with van der Waals surface area (Å²) in [5.74, 6) is -1.26. The van der Waals surface area contributed by atoms with Gasteiger partial charge >= 0.3 is 5.97 Å². The molecule has 0 fully saturated rings. The van der Waals surface area contributed by atoms with E-state index in [1.165, 1.54) is 10.9 Å². The van der Waals surface area contributed by atoms with Gasteiger partial charge in [-0.15, -0.1) is 0 Å². The van der Waals surface area contributed by atoms with E-state index in [2.05, 4.69) is 10.1 Å². The van der Waals surface area contributed by atoms with E-state index < -0.39 is 18.6 Å². The molecule has 3 aromatic rings. The zero-order valence-corrected chi connectivity index (χ0v) is 13.7. The third-order valence-electron chi connectivity index (χ3n) is 3.84. The number of nitrogens with one attached hydrogen (secondary N) is 1. The minimum Gasteiger partial charge on any atom is -0.480 e. The number of carbonyl (C=O) groups is 1. The van der Waals surface area contributed by atoms with Gasteiger partial charge in [0, 0.05) is 11.8 Å². The number of benzene rings is 2. The first kappa shape index (κ1) is 17.4. The fourth-order valence-electron chi connectivity index (χ4n) is 2.51. The van der Waals surface area contributed by atoms with E-state index in [1.54, 1.807) is 12.1 Å². The monoisotopic (exact) mass is 351 g/mol. The first-order chi connectivity index (χ1) is 12.6.